The quantitative estimate of drug-likeness (QED) is 0.234. The van der Waals surface area contributed by atoms with Crippen LogP contribution in [0.1, 0.15) is 33.6 Å². The number of hydrogen-bond acceptors (Lipinski definition) is 2. The van der Waals surface area contributed by atoms with Crippen molar-refractivity contribution in [1.29, 1.82) is 0 Å². The number of hydrogen-bond donors (Lipinski definition) is 0. The van der Waals surface area contributed by atoms with Gasteiger partial charge < -0.3 is 0 Å². The van der Waals surface area contributed by atoms with Gasteiger partial charge in [-0.15, -0.1) is 0 Å². The van der Waals surface area contributed by atoms with Gasteiger partial charge in [0.2, 0.25) is 0 Å². The molecule has 0 N–H and O–H groups in total. The fourth-order valence-corrected chi connectivity index (χ4v) is 4.84. The van der Waals surface area contributed by atoms with Gasteiger partial charge in [0.15, 0.2) is 0 Å². The van der Waals surface area contributed by atoms with Gasteiger partial charge in [0.1, 0.15) is 0 Å². The Morgan fingerprint density at radius 1 is 0.500 bits per heavy atom. The first-order chi connectivity index (χ1) is 18.7. The van der Waals surface area contributed by atoms with Crippen LogP contribution in [-0.4, -0.2) is 9.97 Å². The van der Waals surface area contributed by atoms with Crippen LogP contribution in [0.3, 0.4) is 0 Å². The zero-order valence-corrected chi connectivity index (χ0v) is 21.0. The van der Waals surface area contributed by atoms with Crippen molar-refractivity contribution in [3.8, 4) is 33.4 Å². The summed E-state index contributed by atoms with van der Waals surface area (Å²) in [5.41, 5.74) is 13.3. The largest absolute Gasteiger partial charge is 0.256 e. The van der Waals surface area contributed by atoms with E-state index in [4.69, 9.17) is 4.98 Å². The van der Waals surface area contributed by atoms with Crippen molar-refractivity contribution < 1.29 is 0 Å². The first kappa shape index (κ1) is 23.3. The number of aromatic nitrogens is 2. The topological polar surface area (TPSA) is 25.8 Å². The zero-order chi connectivity index (χ0) is 25.9. The molecule has 0 saturated heterocycles. The highest BCUT2D eigenvalue weighted by atomic mass is 14.7. The third-order valence-electron chi connectivity index (χ3n) is 6.91. The molecule has 2 heteroatoms. The van der Waals surface area contributed by atoms with Crippen LogP contribution in [0.15, 0.2) is 110 Å². The summed E-state index contributed by atoms with van der Waals surface area (Å²) < 4.78 is 0. The lowest BCUT2D eigenvalue weighted by atomic mass is 10.1. The number of nitrogens with zero attached hydrogens (tertiary/aromatic N) is 2. The molecular weight excluding hydrogens is 460 g/mol. The van der Waals surface area contributed by atoms with Crippen LogP contribution in [0.2, 0.25) is 0 Å². The molecule has 0 aromatic rings. The van der Waals surface area contributed by atoms with Crippen LogP contribution >= 0.6 is 0 Å². The van der Waals surface area contributed by atoms with Crippen molar-refractivity contribution in [3.05, 3.63) is 144 Å². The molecule has 2 aliphatic heterocycles. The van der Waals surface area contributed by atoms with E-state index in [2.05, 4.69) is 121 Å². The minimum atomic E-state index is 0.894. The molecule has 180 valence electrons. The van der Waals surface area contributed by atoms with Crippen LogP contribution in [0.5, 0.6) is 0 Å². The highest BCUT2D eigenvalue weighted by Crippen LogP contribution is 2.32. The summed E-state index contributed by atoms with van der Waals surface area (Å²) in [4.78, 5) is 9.35. The van der Waals surface area contributed by atoms with Crippen molar-refractivity contribution in [1.82, 2.24) is 9.97 Å². The minimum Gasteiger partial charge on any atom is -0.256 e. The SMILES string of the molecule is C=Cc1cccc2c(/C=C/c3ccc4c(/C=C/c5ccc6cc(C=C)cccc5-6)ncc-4cn3)ccc-2c1. The second-order valence-corrected chi connectivity index (χ2v) is 9.26. The third-order valence-corrected chi connectivity index (χ3v) is 6.91. The van der Waals surface area contributed by atoms with Gasteiger partial charge in [0.25, 0.3) is 0 Å². The first-order valence-electron chi connectivity index (χ1n) is 12.6. The second kappa shape index (κ2) is 10.1. The van der Waals surface area contributed by atoms with Crippen molar-refractivity contribution in [3.63, 3.8) is 0 Å². The van der Waals surface area contributed by atoms with Gasteiger partial charge in [-0.3, -0.25) is 9.97 Å². The molecule has 0 atom stereocenters. The normalized spacial score (nSPS) is 11.7. The lowest BCUT2D eigenvalue weighted by Gasteiger charge is -1.96. The number of rotatable bonds is 6. The summed E-state index contributed by atoms with van der Waals surface area (Å²) in [5, 5.41) is 0. The molecule has 0 saturated carbocycles. The summed E-state index contributed by atoms with van der Waals surface area (Å²) >= 11 is 0. The van der Waals surface area contributed by atoms with E-state index < -0.39 is 0 Å². The monoisotopic (exact) mass is 486 g/mol. The molecule has 2 nitrogen and oxygen atoms in total. The van der Waals surface area contributed by atoms with Crippen molar-refractivity contribution in [2.24, 2.45) is 0 Å². The maximum atomic E-state index is 4.70. The Bertz CT molecular complexity index is 1750. The van der Waals surface area contributed by atoms with E-state index in [1.165, 1.54) is 33.4 Å². The Morgan fingerprint density at radius 3 is 1.74 bits per heavy atom. The van der Waals surface area contributed by atoms with Crippen LogP contribution in [-0.2, 0) is 0 Å². The molecular formula is C36H26N2. The zero-order valence-electron chi connectivity index (χ0n) is 21.0. The van der Waals surface area contributed by atoms with Crippen molar-refractivity contribution in [2.75, 3.05) is 0 Å². The molecule has 6 aliphatic rings. The van der Waals surface area contributed by atoms with E-state index in [1.807, 2.05) is 30.6 Å². The smallest absolute Gasteiger partial charge is 0.0709 e. The van der Waals surface area contributed by atoms with E-state index in [0.717, 1.165) is 33.6 Å². The molecule has 0 fully saturated rings. The summed E-state index contributed by atoms with van der Waals surface area (Å²) in [7, 11) is 0. The van der Waals surface area contributed by atoms with Gasteiger partial charge in [0.05, 0.1) is 11.4 Å². The van der Waals surface area contributed by atoms with E-state index >= 15 is 0 Å². The Kier molecular flexibility index (Phi) is 6.21. The Labute approximate surface area is 223 Å². The van der Waals surface area contributed by atoms with Crippen molar-refractivity contribution in [2.45, 2.75) is 0 Å². The Hall–Kier alpha value is -5.08. The summed E-state index contributed by atoms with van der Waals surface area (Å²) in [5.74, 6) is 0. The van der Waals surface area contributed by atoms with E-state index in [1.54, 1.807) is 0 Å². The van der Waals surface area contributed by atoms with Crippen LogP contribution in [0.25, 0.3) is 69.8 Å². The summed E-state index contributed by atoms with van der Waals surface area (Å²) in [6, 6.07) is 29.6. The molecule has 4 aliphatic carbocycles. The van der Waals surface area contributed by atoms with Gasteiger partial charge in [-0.1, -0.05) is 98.1 Å². The average molecular weight is 487 g/mol. The Morgan fingerprint density at radius 2 is 1.11 bits per heavy atom. The van der Waals surface area contributed by atoms with Gasteiger partial charge in [-0.2, -0.15) is 0 Å². The Balaban J connectivity index is 1.26. The average Bonchev–Trinajstić information content (AvgIpc) is 3.46. The highest BCUT2D eigenvalue weighted by Gasteiger charge is 2.11. The molecule has 0 aromatic carbocycles. The van der Waals surface area contributed by atoms with Gasteiger partial charge in [-0.05, 0) is 80.9 Å². The minimum absolute atomic E-state index is 0.894. The molecule has 0 spiro atoms. The third kappa shape index (κ3) is 4.56. The molecule has 38 heavy (non-hydrogen) atoms. The fourth-order valence-electron chi connectivity index (χ4n) is 4.84. The van der Waals surface area contributed by atoms with Gasteiger partial charge in [-0.25, -0.2) is 0 Å². The summed E-state index contributed by atoms with van der Waals surface area (Å²) in [6.07, 6.45) is 15.9. The second-order valence-electron chi connectivity index (χ2n) is 9.26. The van der Waals surface area contributed by atoms with Gasteiger partial charge >= 0.3 is 0 Å². The first-order valence-corrected chi connectivity index (χ1v) is 12.6. The van der Waals surface area contributed by atoms with E-state index in [9.17, 15) is 0 Å². The van der Waals surface area contributed by atoms with Crippen LogP contribution in [0, 0.1) is 0 Å². The molecule has 0 aromatic heterocycles. The standard InChI is InChI=1S/C36H26N2/c1-3-25-7-5-9-33-27(11-13-29(33)21-25)15-17-32-18-19-35-31(23-37-32)24-38-36(35)20-16-28-12-14-30-22-26(4-2)8-6-10-34(28)30/h3-24H,1-2H2/b17-15+,20-16+. The fraction of sp³-hybridized carbons (Fsp3) is 0. The molecule has 6 rings (SSSR count). The molecule has 0 radical (unpaired) electrons. The maximum absolute atomic E-state index is 4.70. The molecule has 0 bridgehead atoms. The number of fused-ring (bicyclic) bond motifs is 3. The molecule has 0 amide bonds. The van der Waals surface area contributed by atoms with Gasteiger partial charge in [0, 0.05) is 23.5 Å². The predicted molar refractivity (Wildman–Crippen MR) is 163 cm³/mol. The van der Waals surface area contributed by atoms with Crippen LogP contribution < -0.4 is 0 Å². The lowest BCUT2D eigenvalue weighted by Crippen LogP contribution is -1.75. The van der Waals surface area contributed by atoms with Crippen LogP contribution in [0.4, 0.5) is 0 Å². The lowest BCUT2D eigenvalue weighted by molar-refractivity contribution is 1.33. The van der Waals surface area contributed by atoms with E-state index in [0.29, 0.717) is 0 Å². The van der Waals surface area contributed by atoms with E-state index in [-0.39, 0.29) is 0 Å². The predicted octanol–water partition coefficient (Wildman–Crippen LogP) is 9.42. The highest BCUT2D eigenvalue weighted by molar-refractivity contribution is 5.87. The van der Waals surface area contributed by atoms with Crippen molar-refractivity contribution >= 4 is 36.5 Å². The molecule has 2 heterocycles. The summed E-state index contributed by atoms with van der Waals surface area (Å²) in [6.45, 7) is 7.78. The molecule has 0 unspecified atom stereocenters. The maximum Gasteiger partial charge on any atom is 0.0709 e.